The smallest absolute Gasteiger partial charge is 0.131 e. The molecule has 0 fully saturated rings. The highest BCUT2D eigenvalue weighted by atomic mass is 35.5. The molecule has 4 heteroatoms. The van der Waals surface area contributed by atoms with Gasteiger partial charge in [-0.1, -0.05) is 41.4 Å². The lowest BCUT2D eigenvalue weighted by Crippen LogP contribution is -1.93. The fourth-order valence-electron chi connectivity index (χ4n) is 1.80. The molecule has 0 aliphatic rings. The van der Waals surface area contributed by atoms with E-state index in [0.29, 0.717) is 26.7 Å². The largest absolute Gasteiger partial charge is 0.206 e. The molecule has 0 aliphatic heterocycles. The maximum atomic E-state index is 13.9. The van der Waals surface area contributed by atoms with Crippen LogP contribution in [0.4, 0.5) is 4.39 Å². The molecule has 1 nitrogen and oxygen atoms in total. The third kappa shape index (κ3) is 2.48. The van der Waals surface area contributed by atoms with Crippen LogP contribution in [0.5, 0.6) is 0 Å². The van der Waals surface area contributed by atoms with E-state index in [1.54, 1.807) is 30.3 Å². The Bertz CT molecular complexity index is 632. The molecule has 0 atom stereocenters. The molecule has 2 aromatic carbocycles. The lowest BCUT2D eigenvalue weighted by Gasteiger charge is -2.10. The first-order chi connectivity index (χ1) is 8.63. The van der Waals surface area contributed by atoms with Gasteiger partial charge < -0.3 is 0 Å². The van der Waals surface area contributed by atoms with Crippen molar-refractivity contribution in [3.8, 4) is 17.2 Å². The van der Waals surface area contributed by atoms with Crippen LogP contribution in [0.1, 0.15) is 5.56 Å². The molecule has 2 rings (SSSR count). The number of hydrogen-bond acceptors (Lipinski definition) is 1. The van der Waals surface area contributed by atoms with E-state index in [4.69, 9.17) is 28.5 Å². The Morgan fingerprint density at radius 1 is 1.17 bits per heavy atom. The molecule has 0 amide bonds. The van der Waals surface area contributed by atoms with Gasteiger partial charge in [-0.3, -0.25) is 0 Å². The van der Waals surface area contributed by atoms with Crippen molar-refractivity contribution < 1.29 is 4.39 Å². The van der Waals surface area contributed by atoms with Crippen LogP contribution in [0.25, 0.3) is 11.1 Å². The monoisotopic (exact) mass is 279 g/mol. The molecular formula is C14H8Cl2FN. The van der Waals surface area contributed by atoms with Crippen molar-refractivity contribution in [3.63, 3.8) is 0 Å². The number of nitriles is 1. The highest BCUT2D eigenvalue weighted by Crippen LogP contribution is 2.34. The average Bonchev–Trinajstić information content (AvgIpc) is 2.31. The van der Waals surface area contributed by atoms with Crippen molar-refractivity contribution in [2.45, 2.75) is 6.42 Å². The van der Waals surface area contributed by atoms with Gasteiger partial charge in [0.25, 0.3) is 0 Å². The van der Waals surface area contributed by atoms with Gasteiger partial charge in [0.2, 0.25) is 0 Å². The number of nitrogens with zero attached hydrogens (tertiary/aromatic N) is 1. The Labute approximate surface area is 114 Å². The fraction of sp³-hybridized carbons (Fsp3) is 0.0714. The summed E-state index contributed by atoms with van der Waals surface area (Å²) in [6.07, 6.45) is 0.131. The van der Waals surface area contributed by atoms with E-state index in [0.717, 1.165) is 0 Å². The lowest BCUT2D eigenvalue weighted by molar-refractivity contribution is 0.630. The minimum atomic E-state index is -0.396. The topological polar surface area (TPSA) is 23.8 Å². The summed E-state index contributed by atoms with van der Waals surface area (Å²) >= 11 is 11.9. The first kappa shape index (κ1) is 12.9. The van der Waals surface area contributed by atoms with Crippen LogP contribution in [-0.4, -0.2) is 0 Å². The van der Waals surface area contributed by atoms with Gasteiger partial charge in [-0.15, -0.1) is 0 Å². The van der Waals surface area contributed by atoms with Gasteiger partial charge in [0.1, 0.15) is 5.82 Å². The van der Waals surface area contributed by atoms with Crippen LogP contribution in [0.2, 0.25) is 10.0 Å². The summed E-state index contributed by atoms with van der Waals surface area (Å²) in [5.74, 6) is -0.396. The Kier molecular flexibility index (Phi) is 3.86. The van der Waals surface area contributed by atoms with Crippen molar-refractivity contribution in [3.05, 3.63) is 57.8 Å². The van der Waals surface area contributed by atoms with Gasteiger partial charge in [0.15, 0.2) is 0 Å². The van der Waals surface area contributed by atoms with Crippen molar-refractivity contribution in [2.24, 2.45) is 0 Å². The Morgan fingerprint density at radius 2 is 1.94 bits per heavy atom. The Hall–Kier alpha value is -1.56. The second-order valence-electron chi connectivity index (χ2n) is 3.73. The van der Waals surface area contributed by atoms with Crippen LogP contribution in [0.15, 0.2) is 36.4 Å². The Balaban J connectivity index is 2.66. The molecule has 0 bridgehead atoms. The molecule has 0 radical (unpaired) electrons. The zero-order valence-electron chi connectivity index (χ0n) is 9.25. The molecule has 0 unspecified atom stereocenters. The maximum absolute atomic E-state index is 13.9. The molecule has 0 spiro atoms. The molecule has 18 heavy (non-hydrogen) atoms. The van der Waals surface area contributed by atoms with E-state index < -0.39 is 5.82 Å². The van der Waals surface area contributed by atoms with Crippen molar-refractivity contribution in [2.75, 3.05) is 0 Å². The predicted octanol–water partition coefficient (Wildman–Crippen LogP) is 4.87. The summed E-state index contributed by atoms with van der Waals surface area (Å²) in [5.41, 5.74) is 1.52. The van der Waals surface area contributed by atoms with E-state index in [-0.39, 0.29) is 6.42 Å². The molecule has 0 saturated heterocycles. The second-order valence-corrected chi connectivity index (χ2v) is 4.58. The number of hydrogen-bond donors (Lipinski definition) is 0. The first-order valence-corrected chi connectivity index (χ1v) is 5.99. The van der Waals surface area contributed by atoms with Crippen molar-refractivity contribution >= 4 is 23.2 Å². The lowest BCUT2D eigenvalue weighted by atomic mass is 9.97. The SMILES string of the molecule is N#CCc1cccc(F)c1-c1ccc(Cl)cc1Cl. The quantitative estimate of drug-likeness (QED) is 0.770. The van der Waals surface area contributed by atoms with Gasteiger partial charge in [0.05, 0.1) is 12.5 Å². The van der Waals surface area contributed by atoms with Crippen LogP contribution in [-0.2, 0) is 6.42 Å². The van der Waals surface area contributed by atoms with Gasteiger partial charge in [-0.05, 0) is 23.8 Å². The minimum Gasteiger partial charge on any atom is -0.206 e. The third-order valence-corrected chi connectivity index (χ3v) is 3.12. The highest BCUT2D eigenvalue weighted by Gasteiger charge is 2.13. The standard InChI is InChI=1S/C14H8Cl2FN/c15-10-4-5-11(12(16)8-10)14-9(6-7-18)2-1-3-13(14)17/h1-5,8H,6H2. The van der Waals surface area contributed by atoms with Crippen molar-refractivity contribution in [1.29, 1.82) is 5.26 Å². The molecule has 90 valence electrons. The molecule has 0 N–H and O–H groups in total. The zero-order valence-corrected chi connectivity index (χ0v) is 10.8. The maximum Gasteiger partial charge on any atom is 0.131 e. The van der Waals surface area contributed by atoms with Crippen LogP contribution in [0, 0.1) is 17.1 Å². The summed E-state index contributed by atoms with van der Waals surface area (Å²) in [4.78, 5) is 0. The molecule has 0 heterocycles. The first-order valence-electron chi connectivity index (χ1n) is 5.23. The molecule has 0 aromatic heterocycles. The van der Waals surface area contributed by atoms with Crippen LogP contribution in [0.3, 0.4) is 0 Å². The van der Waals surface area contributed by atoms with E-state index in [1.807, 2.05) is 6.07 Å². The zero-order chi connectivity index (χ0) is 13.1. The van der Waals surface area contributed by atoms with E-state index in [1.165, 1.54) is 6.07 Å². The van der Waals surface area contributed by atoms with E-state index in [9.17, 15) is 4.39 Å². The second kappa shape index (κ2) is 5.39. The summed E-state index contributed by atoms with van der Waals surface area (Å²) in [5, 5.41) is 9.62. The molecule has 0 aliphatic carbocycles. The third-order valence-electron chi connectivity index (χ3n) is 2.57. The average molecular weight is 280 g/mol. The number of halogens is 3. The van der Waals surface area contributed by atoms with E-state index in [2.05, 4.69) is 0 Å². The Morgan fingerprint density at radius 3 is 2.61 bits per heavy atom. The van der Waals surface area contributed by atoms with Crippen LogP contribution >= 0.6 is 23.2 Å². The minimum absolute atomic E-state index is 0.131. The van der Waals surface area contributed by atoms with Gasteiger partial charge in [-0.25, -0.2) is 4.39 Å². The summed E-state index contributed by atoms with van der Waals surface area (Å²) < 4.78 is 13.9. The summed E-state index contributed by atoms with van der Waals surface area (Å²) in [7, 11) is 0. The molecule has 2 aromatic rings. The number of benzene rings is 2. The summed E-state index contributed by atoms with van der Waals surface area (Å²) in [6, 6.07) is 11.5. The highest BCUT2D eigenvalue weighted by molar-refractivity contribution is 6.36. The fourth-order valence-corrected chi connectivity index (χ4v) is 2.30. The van der Waals surface area contributed by atoms with Crippen molar-refractivity contribution in [1.82, 2.24) is 0 Å². The normalized spacial score (nSPS) is 10.1. The van der Waals surface area contributed by atoms with Crippen LogP contribution < -0.4 is 0 Å². The van der Waals surface area contributed by atoms with E-state index >= 15 is 0 Å². The predicted molar refractivity (Wildman–Crippen MR) is 71.2 cm³/mol. The molecule has 0 saturated carbocycles. The number of rotatable bonds is 2. The van der Waals surface area contributed by atoms with Gasteiger partial charge in [-0.2, -0.15) is 5.26 Å². The van der Waals surface area contributed by atoms with Gasteiger partial charge >= 0.3 is 0 Å². The molecular weight excluding hydrogens is 272 g/mol. The van der Waals surface area contributed by atoms with Gasteiger partial charge in [0, 0.05) is 21.2 Å². The summed E-state index contributed by atoms with van der Waals surface area (Å²) in [6.45, 7) is 0.